The summed E-state index contributed by atoms with van der Waals surface area (Å²) in [6.07, 6.45) is 0.232. The molecular weight excluding hydrogens is 439 g/mol. The molecule has 3 heterocycles. The first-order chi connectivity index (χ1) is 15.7. The van der Waals surface area contributed by atoms with Crippen molar-refractivity contribution in [3.05, 3.63) is 83.9 Å². The van der Waals surface area contributed by atoms with Crippen LogP contribution < -0.4 is 5.32 Å². The maximum absolute atomic E-state index is 13.1. The van der Waals surface area contributed by atoms with Gasteiger partial charge in [0.15, 0.2) is 17.2 Å². The van der Waals surface area contributed by atoms with Gasteiger partial charge >= 0.3 is 12.1 Å². The monoisotopic (exact) mass is 451 g/mol. The molecule has 0 radical (unpaired) electrons. The Morgan fingerprint density at radius 2 is 1.97 bits per heavy atom. The number of alkyl halides is 3. The van der Waals surface area contributed by atoms with Crippen molar-refractivity contribution in [1.29, 1.82) is 0 Å². The Bertz CT molecular complexity index is 1390. The Balaban J connectivity index is 1.83. The van der Waals surface area contributed by atoms with Gasteiger partial charge < -0.3 is 10.4 Å². The number of halogens is 3. The van der Waals surface area contributed by atoms with E-state index in [1.165, 1.54) is 18.5 Å². The van der Waals surface area contributed by atoms with Gasteiger partial charge in [0.2, 0.25) is 5.95 Å². The second kappa shape index (κ2) is 8.39. The lowest BCUT2D eigenvalue weighted by Gasteiger charge is -2.12. The van der Waals surface area contributed by atoms with Crippen molar-refractivity contribution in [3.63, 3.8) is 0 Å². The minimum atomic E-state index is -4.66. The topological polar surface area (TPSA) is 110 Å². The van der Waals surface area contributed by atoms with E-state index in [1.54, 1.807) is 24.3 Å². The number of carboxylic acids is 1. The van der Waals surface area contributed by atoms with Crippen LogP contribution in [0.4, 0.5) is 30.5 Å². The highest BCUT2D eigenvalue weighted by Gasteiger charge is 2.34. The third kappa shape index (κ3) is 4.62. The molecule has 0 fully saturated rings. The Hall–Kier alpha value is -4.79. The average molecular weight is 451 g/mol. The smallest absolute Gasteiger partial charge is 0.435 e. The van der Waals surface area contributed by atoms with E-state index in [0.717, 1.165) is 23.1 Å². The van der Waals surface area contributed by atoms with Gasteiger partial charge in [-0.05, 0) is 24.3 Å². The summed E-state index contributed by atoms with van der Waals surface area (Å²) < 4.78 is 40.2. The van der Waals surface area contributed by atoms with Crippen LogP contribution in [0.15, 0.2) is 61.2 Å². The molecule has 2 N–H and O–H groups in total. The van der Waals surface area contributed by atoms with E-state index < -0.39 is 17.8 Å². The van der Waals surface area contributed by atoms with E-state index in [-0.39, 0.29) is 28.5 Å². The summed E-state index contributed by atoms with van der Waals surface area (Å²) in [7, 11) is 0. The molecule has 0 amide bonds. The van der Waals surface area contributed by atoms with Crippen LogP contribution in [0, 0.1) is 6.57 Å². The molecule has 9 nitrogen and oxygen atoms in total. The fraction of sp³-hybridized carbons (Fsp3) is 0.0476. The first-order valence-electron chi connectivity index (χ1n) is 9.18. The zero-order valence-electron chi connectivity index (χ0n) is 16.4. The Labute approximate surface area is 184 Å². The number of carboxylic acid groups (broad SMARTS) is 1. The summed E-state index contributed by atoms with van der Waals surface area (Å²) in [6.45, 7) is 7.10. The van der Waals surface area contributed by atoms with Crippen LogP contribution in [0.1, 0.15) is 16.1 Å². The molecule has 1 aromatic carbocycles. The molecule has 0 unspecified atom stereocenters. The number of pyridine rings is 1. The molecule has 0 spiro atoms. The number of carbonyl (C=O) groups is 1. The lowest BCUT2D eigenvalue weighted by Crippen LogP contribution is -2.10. The van der Waals surface area contributed by atoms with Crippen molar-refractivity contribution < 1.29 is 23.1 Å². The molecule has 4 rings (SSSR count). The summed E-state index contributed by atoms with van der Waals surface area (Å²) >= 11 is 0. The number of benzene rings is 1. The SMILES string of the molecule is [C-]#[N+]c1cccc(Nc2ncc(-c3cncc(C(=O)O)c3)c(-n3ccc(C(F)(F)F)n3)n2)c1. The fourth-order valence-electron chi connectivity index (χ4n) is 2.89. The molecule has 12 heteroatoms. The minimum Gasteiger partial charge on any atom is -0.478 e. The highest BCUT2D eigenvalue weighted by atomic mass is 19.4. The van der Waals surface area contributed by atoms with E-state index in [4.69, 9.17) is 6.57 Å². The molecular formula is C21H12F3N7O2. The van der Waals surface area contributed by atoms with Gasteiger partial charge in [0, 0.05) is 41.6 Å². The molecule has 0 aliphatic carbocycles. The molecule has 4 aromatic rings. The summed E-state index contributed by atoms with van der Waals surface area (Å²) in [5, 5.41) is 15.7. The molecule has 3 aromatic heterocycles. The standard InChI is InChI=1S/C21H12F3N7O2/c1-25-14-3-2-4-15(8-14)28-20-27-11-16(12-7-13(19(32)33)10-26-9-12)18(29-20)31-6-5-17(30-31)21(22,23)24/h2-11H,(H,32,33)(H,27,28,29). The molecule has 164 valence electrons. The van der Waals surface area contributed by atoms with Crippen LogP contribution in [-0.4, -0.2) is 35.8 Å². The predicted octanol–water partition coefficient (Wildman–Crippen LogP) is 4.74. The first-order valence-corrected chi connectivity index (χ1v) is 9.18. The number of aromatic carboxylic acids is 1. The van der Waals surface area contributed by atoms with E-state index in [2.05, 4.69) is 30.2 Å². The molecule has 33 heavy (non-hydrogen) atoms. The zero-order chi connectivity index (χ0) is 23.6. The zero-order valence-corrected chi connectivity index (χ0v) is 16.4. The summed E-state index contributed by atoms with van der Waals surface area (Å²) in [6, 6.07) is 8.58. The minimum absolute atomic E-state index is 0.0299. The van der Waals surface area contributed by atoms with Crippen molar-refractivity contribution in [1.82, 2.24) is 24.7 Å². The molecule has 0 atom stereocenters. The Kier molecular flexibility index (Phi) is 5.45. The van der Waals surface area contributed by atoms with Gasteiger partial charge in [0.05, 0.1) is 12.1 Å². The van der Waals surface area contributed by atoms with Crippen LogP contribution >= 0.6 is 0 Å². The third-order valence-corrected chi connectivity index (χ3v) is 4.39. The predicted molar refractivity (Wildman–Crippen MR) is 110 cm³/mol. The van der Waals surface area contributed by atoms with Crippen LogP contribution in [-0.2, 0) is 6.18 Å². The number of hydrogen-bond acceptors (Lipinski definition) is 6. The molecule has 0 aliphatic rings. The highest BCUT2D eigenvalue weighted by Crippen LogP contribution is 2.31. The van der Waals surface area contributed by atoms with Gasteiger partial charge in [0.25, 0.3) is 0 Å². The highest BCUT2D eigenvalue weighted by molar-refractivity contribution is 5.89. The Morgan fingerprint density at radius 3 is 2.67 bits per heavy atom. The second-order valence-corrected chi connectivity index (χ2v) is 6.63. The lowest BCUT2D eigenvalue weighted by molar-refractivity contribution is -0.141. The van der Waals surface area contributed by atoms with Crippen molar-refractivity contribution in [2.45, 2.75) is 6.18 Å². The van der Waals surface area contributed by atoms with Crippen molar-refractivity contribution in [2.24, 2.45) is 0 Å². The van der Waals surface area contributed by atoms with Gasteiger partial charge in [0.1, 0.15) is 0 Å². The quantitative estimate of drug-likeness (QED) is 0.422. The molecule has 0 aliphatic heterocycles. The number of nitrogens with one attached hydrogen (secondary N) is 1. The number of anilines is 2. The van der Waals surface area contributed by atoms with E-state index in [1.807, 2.05) is 0 Å². The van der Waals surface area contributed by atoms with Gasteiger partial charge in [-0.25, -0.2) is 19.3 Å². The lowest BCUT2D eigenvalue weighted by atomic mass is 10.1. The number of aromatic nitrogens is 5. The summed E-state index contributed by atoms with van der Waals surface area (Å²) in [4.78, 5) is 27.0. The largest absolute Gasteiger partial charge is 0.478 e. The summed E-state index contributed by atoms with van der Waals surface area (Å²) in [5.74, 6) is -1.22. The number of nitrogens with zero attached hydrogens (tertiary/aromatic N) is 6. The average Bonchev–Trinajstić information content (AvgIpc) is 3.30. The molecule has 0 saturated heterocycles. The fourth-order valence-corrected chi connectivity index (χ4v) is 2.89. The van der Waals surface area contributed by atoms with E-state index in [9.17, 15) is 23.1 Å². The van der Waals surface area contributed by atoms with Crippen molar-refractivity contribution in [2.75, 3.05) is 5.32 Å². The van der Waals surface area contributed by atoms with Gasteiger partial charge in [-0.15, -0.1) is 0 Å². The molecule has 0 bridgehead atoms. The van der Waals surface area contributed by atoms with Crippen LogP contribution in [0.2, 0.25) is 0 Å². The first kappa shape index (κ1) is 21.4. The summed E-state index contributed by atoms with van der Waals surface area (Å²) in [5.41, 5.74) is 0.110. The van der Waals surface area contributed by atoms with Crippen molar-refractivity contribution in [3.8, 4) is 16.9 Å². The maximum atomic E-state index is 13.1. The second-order valence-electron chi connectivity index (χ2n) is 6.63. The maximum Gasteiger partial charge on any atom is 0.435 e. The van der Waals surface area contributed by atoms with Crippen LogP contribution in [0.5, 0.6) is 0 Å². The van der Waals surface area contributed by atoms with E-state index >= 15 is 0 Å². The van der Waals surface area contributed by atoms with Gasteiger partial charge in [-0.3, -0.25) is 4.98 Å². The van der Waals surface area contributed by atoms with E-state index in [0.29, 0.717) is 11.4 Å². The van der Waals surface area contributed by atoms with Crippen molar-refractivity contribution >= 4 is 23.3 Å². The number of rotatable bonds is 5. The van der Waals surface area contributed by atoms with Gasteiger partial charge in [-0.1, -0.05) is 12.1 Å². The molecule has 0 saturated carbocycles. The number of hydrogen-bond donors (Lipinski definition) is 2. The van der Waals surface area contributed by atoms with Gasteiger partial charge in [-0.2, -0.15) is 23.3 Å². The third-order valence-electron chi connectivity index (χ3n) is 4.39. The normalized spacial score (nSPS) is 11.1. The van der Waals surface area contributed by atoms with Crippen LogP contribution in [0.3, 0.4) is 0 Å². The Morgan fingerprint density at radius 1 is 1.15 bits per heavy atom. The van der Waals surface area contributed by atoms with Crippen LogP contribution in [0.25, 0.3) is 21.8 Å².